The number of aromatic amines is 1. The van der Waals surface area contributed by atoms with Crippen LogP contribution in [0.3, 0.4) is 0 Å². The van der Waals surface area contributed by atoms with Gasteiger partial charge in [0.25, 0.3) is 5.56 Å². The summed E-state index contributed by atoms with van der Waals surface area (Å²) in [5.41, 5.74) is 3.10. The molecular weight excluding hydrogens is 396 g/mol. The molecule has 1 fully saturated rings. The van der Waals surface area contributed by atoms with Gasteiger partial charge in [-0.05, 0) is 56.4 Å². The number of hydrogen-bond acceptors (Lipinski definition) is 5. The molecule has 154 valence electrons. The van der Waals surface area contributed by atoms with E-state index in [1.165, 1.54) is 4.70 Å². The van der Waals surface area contributed by atoms with Crippen LogP contribution in [0, 0.1) is 25.2 Å². The van der Waals surface area contributed by atoms with Crippen LogP contribution in [0.4, 0.5) is 0 Å². The van der Waals surface area contributed by atoms with E-state index in [0.29, 0.717) is 24.9 Å². The first-order valence-electron chi connectivity index (χ1n) is 10.2. The Morgan fingerprint density at radius 1 is 1.37 bits per heavy atom. The average Bonchev–Trinajstić information content (AvgIpc) is 3.18. The number of thiazole rings is 1. The van der Waals surface area contributed by atoms with Gasteiger partial charge in [0.2, 0.25) is 5.91 Å². The van der Waals surface area contributed by atoms with Crippen molar-refractivity contribution in [2.45, 2.75) is 45.4 Å². The molecule has 1 atom stereocenters. The minimum absolute atomic E-state index is 0.115. The van der Waals surface area contributed by atoms with E-state index in [1.54, 1.807) is 18.3 Å². The molecule has 3 heterocycles. The maximum Gasteiger partial charge on any atom is 0.266 e. The Bertz CT molecular complexity index is 1170. The molecule has 30 heavy (non-hydrogen) atoms. The second kappa shape index (κ2) is 8.41. The van der Waals surface area contributed by atoms with Gasteiger partial charge in [0.15, 0.2) is 0 Å². The van der Waals surface area contributed by atoms with Crippen LogP contribution in [-0.2, 0) is 11.2 Å². The second-order valence-electron chi connectivity index (χ2n) is 7.87. The summed E-state index contributed by atoms with van der Waals surface area (Å²) in [6.07, 6.45) is 2.91. The van der Waals surface area contributed by atoms with Crippen LogP contribution < -0.4 is 5.56 Å². The summed E-state index contributed by atoms with van der Waals surface area (Å²) in [6.45, 7) is 5.07. The van der Waals surface area contributed by atoms with Crippen molar-refractivity contribution in [3.63, 3.8) is 0 Å². The average molecular weight is 421 g/mol. The molecule has 1 saturated heterocycles. The van der Waals surface area contributed by atoms with Gasteiger partial charge in [-0.3, -0.25) is 9.59 Å². The molecule has 1 aliphatic heterocycles. The third kappa shape index (κ3) is 3.88. The first-order chi connectivity index (χ1) is 14.5. The number of piperidine rings is 1. The number of nitrogens with one attached hydrogen (secondary N) is 1. The third-order valence-electron chi connectivity index (χ3n) is 5.94. The first kappa shape index (κ1) is 20.3. The minimum atomic E-state index is -0.364. The number of aryl methyl sites for hydroxylation is 1. The van der Waals surface area contributed by atoms with E-state index in [4.69, 9.17) is 4.98 Å². The van der Waals surface area contributed by atoms with Gasteiger partial charge in [0.05, 0.1) is 15.2 Å². The quantitative estimate of drug-likeness (QED) is 0.695. The lowest BCUT2D eigenvalue weighted by atomic mass is 9.96. The van der Waals surface area contributed by atoms with Gasteiger partial charge >= 0.3 is 0 Å². The van der Waals surface area contributed by atoms with Crippen molar-refractivity contribution in [3.05, 3.63) is 62.0 Å². The lowest BCUT2D eigenvalue weighted by Crippen LogP contribution is -2.39. The number of carbonyl (C=O) groups is 1. The van der Waals surface area contributed by atoms with Gasteiger partial charge in [-0.15, -0.1) is 11.3 Å². The Labute approximate surface area is 179 Å². The van der Waals surface area contributed by atoms with Gasteiger partial charge in [-0.1, -0.05) is 12.1 Å². The zero-order chi connectivity index (χ0) is 21.3. The number of fused-ring (bicyclic) bond motifs is 1. The molecule has 0 aliphatic carbocycles. The molecular formula is C23H24N4O2S. The van der Waals surface area contributed by atoms with Gasteiger partial charge in [-0.2, -0.15) is 5.26 Å². The highest BCUT2D eigenvalue weighted by molar-refractivity contribution is 7.18. The Kier molecular flexibility index (Phi) is 5.69. The van der Waals surface area contributed by atoms with Crippen LogP contribution in [0.25, 0.3) is 10.2 Å². The molecule has 0 unspecified atom stereocenters. The number of nitriles is 1. The molecule has 4 rings (SSSR count). The molecule has 1 aliphatic rings. The molecule has 3 aromatic rings. The summed E-state index contributed by atoms with van der Waals surface area (Å²) < 4.78 is 1.19. The number of benzene rings is 1. The molecule has 1 amide bonds. The van der Waals surface area contributed by atoms with Crippen LogP contribution in [0.1, 0.15) is 52.6 Å². The highest BCUT2D eigenvalue weighted by Gasteiger charge is 2.27. The number of carbonyl (C=O) groups excluding carboxylic acids is 1. The number of likely N-dealkylation sites (tertiary alicyclic amines) is 1. The molecule has 2 aromatic heterocycles. The van der Waals surface area contributed by atoms with Crippen LogP contribution >= 0.6 is 11.3 Å². The van der Waals surface area contributed by atoms with Gasteiger partial charge in [0.1, 0.15) is 11.6 Å². The van der Waals surface area contributed by atoms with E-state index < -0.39 is 0 Å². The number of amides is 1. The van der Waals surface area contributed by atoms with E-state index in [2.05, 4.69) is 11.1 Å². The van der Waals surface area contributed by atoms with Gasteiger partial charge in [-0.25, -0.2) is 4.98 Å². The molecule has 0 bridgehead atoms. The Balaban J connectivity index is 1.45. The largest absolute Gasteiger partial charge is 0.342 e. The van der Waals surface area contributed by atoms with E-state index in [0.717, 1.165) is 41.2 Å². The molecule has 1 N–H and O–H groups in total. The highest BCUT2D eigenvalue weighted by atomic mass is 32.1. The molecule has 7 heteroatoms. The van der Waals surface area contributed by atoms with Crippen LogP contribution in [0.2, 0.25) is 0 Å². The number of nitrogens with zero attached hydrogens (tertiary/aromatic N) is 3. The monoisotopic (exact) mass is 420 g/mol. The molecule has 1 aromatic carbocycles. The van der Waals surface area contributed by atoms with Crippen molar-refractivity contribution in [2.24, 2.45) is 0 Å². The first-order valence-corrected chi connectivity index (χ1v) is 11.0. The number of aromatic nitrogens is 2. The normalized spacial score (nSPS) is 16.6. The van der Waals surface area contributed by atoms with E-state index in [-0.39, 0.29) is 22.9 Å². The molecule has 0 spiro atoms. The fraction of sp³-hybridized carbons (Fsp3) is 0.391. The van der Waals surface area contributed by atoms with Crippen LogP contribution in [0.5, 0.6) is 0 Å². The van der Waals surface area contributed by atoms with Crippen LogP contribution in [0.15, 0.2) is 29.1 Å². The number of hydrogen-bond donors (Lipinski definition) is 1. The topological polar surface area (TPSA) is 89.8 Å². The van der Waals surface area contributed by atoms with Crippen LogP contribution in [-0.4, -0.2) is 33.9 Å². The van der Waals surface area contributed by atoms with E-state index in [9.17, 15) is 14.9 Å². The fourth-order valence-electron chi connectivity index (χ4n) is 4.28. The highest BCUT2D eigenvalue weighted by Crippen LogP contribution is 2.33. The maximum atomic E-state index is 12.9. The third-order valence-corrected chi connectivity index (χ3v) is 7.14. The standard InChI is InChI=1S/C23H24N4O2S/c1-14-17(15(2)25-22(29)18(14)12-24)9-10-21(28)27-11-5-6-16(13-27)23-26-19-7-3-4-8-20(19)30-23/h3-4,7-8,16H,5-6,9-11,13H2,1-2H3,(H,25,29)/t16-/m0/s1. The summed E-state index contributed by atoms with van der Waals surface area (Å²) in [5, 5.41) is 10.3. The number of pyridine rings is 1. The SMILES string of the molecule is Cc1[nH]c(=O)c(C#N)c(C)c1CCC(=O)N1CCC[C@H](c2nc3ccccc3s2)C1. The van der Waals surface area contributed by atoms with Crippen molar-refractivity contribution in [1.82, 2.24) is 14.9 Å². The van der Waals surface area contributed by atoms with Gasteiger partial charge < -0.3 is 9.88 Å². The maximum absolute atomic E-state index is 12.9. The smallest absolute Gasteiger partial charge is 0.266 e. The zero-order valence-electron chi connectivity index (χ0n) is 17.2. The summed E-state index contributed by atoms with van der Waals surface area (Å²) >= 11 is 1.72. The molecule has 0 saturated carbocycles. The van der Waals surface area contributed by atoms with Crippen molar-refractivity contribution in [3.8, 4) is 6.07 Å². The number of rotatable bonds is 4. The molecule has 0 radical (unpaired) electrons. The molecule has 6 nitrogen and oxygen atoms in total. The Morgan fingerprint density at radius 3 is 2.93 bits per heavy atom. The van der Waals surface area contributed by atoms with Gasteiger partial charge in [0, 0.05) is 31.1 Å². The second-order valence-corrected chi connectivity index (χ2v) is 8.93. The van der Waals surface area contributed by atoms with E-state index in [1.807, 2.05) is 36.1 Å². The summed E-state index contributed by atoms with van der Waals surface area (Å²) in [6, 6.07) is 10.1. The van der Waals surface area contributed by atoms with Crippen molar-refractivity contribution in [1.29, 1.82) is 5.26 Å². The summed E-state index contributed by atoms with van der Waals surface area (Å²) in [5.74, 6) is 0.395. The van der Waals surface area contributed by atoms with Crippen molar-refractivity contribution >= 4 is 27.5 Å². The van der Waals surface area contributed by atoms with Crippen molar-refractivity contribution in [2.75, 3.05) is 13.1 Å². The zero-order valence-corrected chi connectivity index (χ0v) is 18.0. The predicted octanol–water partition coefficient (Wildman–Crippen LogP) is 3.81. The van der Waals surface area contributed by atoms with Crippen molar-refractivity contribution < 1.29 is 4.79 Å². The Hall–Kier alpha value is -2.98. The lowest BCUT2D eigenvalue weighted by Gasteiger charge is -2.32. The van der Waals surface area contributed by atoms with E-state index >= 15 is 0 Å². The Morgan fingerprint density at radius 2 is 2.17 bits per heavy atom. The predicted molar refractivity (Wildman–Crippen MR) is 118 cm³/mol. The fourth-order valence-corrected chi connectivity index (χ4v) is 5.37. The summed E-state index contributed by atoms with van der Waals surface area (Å²) in [4.78, 5) is 34.3. The summed E-state index contributed by atoms with van der Waals surface area (Å²) in [7, 11) is 0. The minimum Gasteiger partial charge on any atom is -0.342 e. The number of H-pyrrole nitrogens is 1. The number of para-hydroxylation sites is 1. The lowest BCUT2D eigenvalue weighted by molar-refractivity contribution is -0.132.